The number of aromatic amines is 1. The second-order valence-corrected chi connectivity index (χ2v) is 7.75. The smallest absolute Gasteiger partial charge is 0.295 e. The summed E-state index contributed by atoms with van der Waals surface area (Å²) in [6, 6.07) is 14.7. The van der Waals surface area contributed by atoms with Crippen LogP contribution in [0.5, 0.6) is 5.75 Å². The highest BCUT2D eigenvalue weighted by molar-refractivity contribution is 6.46. The number of nitrogens with zero attached hydrogens (tertiary/aromatic N) is 1. The largest absolute Gasteiger partial charge is 0.872 e. The van der Waals surface area contributed by atoms with E-state index in [-0.39, 0.29) is 17.7 Å². The van der Waals surface area contributed by atoms with Gasteiger partial charge < -0.3 is 14.7 Å². The van der Waals surface area contributed by atoms with Gasteiger partial charge in [-0.25, -0.2) is 9.37 Å². The van der Waals surface area contributed by atoms with Crippen LogP contribution in [0.4, 0.5) is 4.39 Å². The first-order chi connectivity index (χ1) is 16.0. The molecule has 0 radical (unpaired) electrons. The lowest BCUT2D eigenvalue weighted by Gasteiger charge is -2.27. The van der Waals surface area contributed by atoms with E-state index in [9.17, 15) is 19.1 Å². The summed E-state index contributed by atoms with van der Waals surface area (Å²) in [5.74, 6) is -2.11. The number of amides is 1. The van der Waals surface area contributed by atoms with Gasteiger partial charge in [-0.2, -0.15) is 0 Å². The second kappa shape index (κ2) is 9.65. The van der Waals surface area contributed by atoms with E-state index in [0.717, 1.165) is 24.1 Å². The fraction of sp³-hybridized carbons (Fsp3) is 0.192. The Balaban J connectivity index is 1.84. The normalized spacial score (nSPS) is 17.4. The first-order valence-electron chi connectivity index (χ1n) is 10.7. The molecule has 1 amide bonds. The number of H-pyrrole nitrogens is 1. The van der Waals surface area contributed by atoms with E-state index in [1.165, 1.54) is 17.0 Å². The molecule has 1 atom stereocenters. The first-order valence-corrected chi connectivity index (χ1v) is 10.7. The molecule has 2 heterocycles. The zero-order valence-corrected chi connectivity index (χ0v) is 18.1. The molecule has 7 heteroatoms. The minimum atomic E-state index is -0.895. The van der Waals surface area contributed by atoms with Crippen LogP contribution in [0.15, 0.2) is 78.6 Å². The van der Waals surface area contributed by atoms with Gasteiger partial charge in [-0.05, 0) is 47.9 Å². The molecule has 2 aromatic carbocycles. The molecule has 1 aliphatic rings. The van der Waals surface area contributed by atoms with E-state index in [4.69, 9.17) is 4.74 Å². The minimum Gasteiger partial charge on any atom is -0.872 e. The van der Waals surface area contributed by atoms with Gasteiger partial charge in [0, 0.05) is 17.2 Å². The summed E-state index contributed by atoms with van der Waals surface area (Å²) >= 11 is 0. The number of rotatable bonds is 7. The van der Waals surface area contributed by atoms with Crippen LogP contribution < -0.4 is 14.8 Å². The highest BCUT2D eigenvalue weighted by Crippen LogP contribution is 2.40. The Morgan fingerprint density at radius 2 is 1.91 bits per heavy atom. The van der Waals surface area contributed by atoms with Crippen LogP contribution in [-0.4, -0.2) is 23.2 Å². The molecule has 1 unspecified atom stereocenters. The Hall–Kier alpha value is -4.00. The summed E-state index contributed by atoms with van der Waals surface area (Å²) in [4.78, 5) is 30.5. The molecule has 0 saturated carbocycles. The topological polar surface area (TPSA) is 83.8 Å². The standard InChI is InChI=1S/C26H23FN2O4/c1-2-13-33-21-7-3-6-19(14-21)23-22(24(30)18-8-10-20(27)11-9-18)25(31)26(32)29(23)16-17-5-4-12-28-15-17/h3-12,14-15,23,30H,2,13,16H2,1H3/b24-22+. The molecule has 168 valence electrons. The molecule has 4 rings (SSSR count). The Bertz CT molecular complexity index is 1190. The number of pyridine rings is 1. The zero-order chi connectivity index (χ0) is 23.4. The monoisotopic (exact) mass is 446 g/mol. The number of aromatic nitrogens is 1. The lowest BCUT2D eigenvalue weighted by atomic mass is 9.95. The van der Waals surface area contributed by atoms with Gasteiger partial charge in [-0.15, -0.1) is 0 Å². The van der Waals surface area contributed by atoms with E-state index < -0.39 is 29.3 Å². The van der Waals surface area contributed by atoms with Crippen molar-refractivity contribution < 1.29 is 28.8 Å². The average molecular weight is 446 g/mol. The molecule has 6 nitrogen and oxygen atoms in total. The van der Waals surface area contributed by atoms with E-state index in [1.54, 1.807) is 42.7 Å². The van der Waals surface area contributed by atoms with Crippen LogP contribution in [0.1, 0.15) is 36.1 Å². The third-order valence-electron chi connectivity index (χ3n) is 5.41. The van der Waals surface area contributed by atoms with Gasteiger partial charge in [0.15, 0.2) is 12.4 Å². The second-order valence-electron chi connectivity index (χ2n) is 7.75. The molecule has 1 fully saturated rings. The number of hydrogen-bond acceptors (Lipinski definition) is 4. The van der Waals surface area contributed by atoms with Crippen molar-refractivity contribution >= 4 is 17.4 Å². The number of ether oxygens (including phenoxy) is 1. The Morgan fingerprint density at radius 1 is 1.12 bits per heavy atom. The van der Waals surface area contributed by atoms with Crippen molar-refractivity contribution in [1.82, 2.24) is 4.90 Å². The maximum atomic E-state index is 13.4. The average Bonchev–Trinajstić information content (AvgIpc) is 3.08. The molecule has 1 aliphatic heterocycles. The third kappa shape index (κ3) is 4.62. The van der Waals surface area contributed by atoms with Crippen LogP contribution in [0.3, 0.4) is 0 Å². The van der Waals surface area contributed by atoms with Gasteiger partial charge in [-0.1, -0.05) is 36.9 Å². The highest BCUT2D eigenvalue weighted by atomic mass is 19.1. The van der Waals surface area contributed by atoms with Gasteiger partial charge in [0.1, 0.15) is 11.6 Å². The molecule has 0 aliphatic carbocycles. The van der Waals surface area contributed by atoms with E-state index in [0.29, 0.717) is 17.9 Å². The third-order valence-corrected chi connectivity index (χ3v) is 5.41. The number of nitrogens with one attached hydrogen (secondary N) is 1. The molecular weight excluding hydrogens is 423 g/mol. The van der Waals surface area contributed by atoms with Gasteiger partial charge in [0.25, 0.3) is 5.91 Å². The number of ketones is 1. The number of Topliss-reactive ketones (excluding diaryl/α,β-unsaturated/α-hetero) is 1. The van der Waals surface area contributed by atoms with Gasteiger partial charge >= 0.3 is 0 Å². The van der Waals surface area contributed by atoms with Crippen molar-refractivity contribution in [2.45, 2.75) is 25.9 Å². The van der Waals surface area contributed by atoms with E-state index >= 15 is 0 Å². The number of carbonyl (C=O) groups is 2. The number of benzene rings is 2. The van der Waals surface area contributed by atoms with Crippen molar-refractivity contribution in [3.05, 3.63) is 101 Å². The Kier molecular flexibility index (Phi) is 6.49. The number of likely N-dealkylation sites (tertiary alicyclic amines) is 1. The van der Waals surface area contributed by atoms with Crippen molar-refractivity contribution in [2.75, 3.05) is 6.61 Å². The quantitative estimate of drug-likeness (QED) is 0.317. The van der Waals surface area contributed by atoms with E-state index in [2.05, 4.69) is 4.98 Å². The summed E-state index contributed by atoms with van der Waals surface area (Å²) < 4.78 is 19.1. The summed E-state index contributed by atoms with van der Waals surface area (Å²) in [5.41, 5.74) is 1.36. The molecule has 33 heavy (non-hydrogen) atoms. The molecule has 1 saturated heterocycles. The summed E-state index contributed by atoms with van der Waals surface area (Å²) in [7, 11) is 0. The maximum absolute atomic E-state index is 13.4. The van der Waals surface area contributed by atoms with Crippen molar-refractivity contribution in [2.24, 2.45) is 0 Å². The maximum Gasteiger partial charge on any atom is 0.295 e. The SMILES string of the molecule is CCCOc1cccc(C2/C(=C(\[O-])c3ccc(F)cc3)C(=O)C(=O)N2Cc2ccc[nH+]c2)c1. The minimum absolute atomic E-state index is 0.132. The highest BCUT2D eigenvalue weighted by Gasteiger charge is 2.44. The van der Waals surface area contributed by atoms with Crippen LogP contribution in [-0.2, 0) is 16.1 Å². The number of carbonyl (C=O) groups excluding carboxylic acids is 2. The lowest BCUT2D eigenvalue weighted by molar-refractivity contribution is -0.378. The van der Waals surface area contributed by atoms with Crippen molar-refractivity contribution in [3.63, 3.8) is 0 Å². The fourth-order valence-electron chi connectivity index (χ4n) is 3.86. The van der Waals surface area contributed by atoms with Gasteiger partial charge in [0.05, 0.1) is 19.2 Å². The summed E-state index contributed by atoms with van der Waals surface area (Å²) in [5, 5.41) is 13.4. The van der Waals surface area contributed by atoms with E-state index in [1.807, 2.05) is 13.0 Å². The first kappa shape index (κ1) is 22.2. The predicted octanol–water partition coefficient (Wildman–Crippen LogP) is 2.85. The Morgan fingerprint density at radius 3 is 2.61 bits per heavy atom. The lowest BCUT2D eigenvalue weighted by Crippen LogP contribution is -2.29. The molecule has 0 bridgehead atoms. The molecule has 3 aromatic rings. The molecular formula is C26H23FN2O4. The van der Waals surface area contributed by atoms with Crippen LogP contribution in [0, 0.1) is 5.82 Å². The number of hydrogen-bond donors (Lipinski definition) is 0. The Labute approximate surface area is 191 Å². The van der Waals surface area contributed by atoms with Gasteiger partial charge in [-0.3, -0.25) is 9.59 Å². The summed E-state index contributed by atoms with van der Waals surface area (Å²) in [6.45, 7) is 2.64. The zero-order valence-electron chi connectivity index (χ0n) is 18.1. The molecule has 1 aromatic heterocycles. The van der Waals surface area contributed by atoms with Gasteiger partial charge in [0.2, 0.25) is 5.78 Å². The van der Waals surface area contributed by atoms with Crippen LogP contribution in [0.2, 0.25) is 0 Å². The molecule has 0 spiro atoms. The molecule has 1 N–H and O–H groups in total. The van der Waals surface area contributed by atoms with Crippen molar-refractivity contribution in [3.8, 4) is 5.75 Å². The van der Waals surface area contributed by atoms with Crippen LogP contribution in [0.25, 0.3) is 5.76 Å². The van der Waals surface area contributed by atoms with Crippen molar-refractivity contribution in [1.29, 1.82) is 0 Å². The van der Waals surface area contributed by atoms with Crippen LogP contribution >= 0.6 is 0 Å². The summed E-state index contributed by atoms with van der Waals surface area (Å²) in [6.07, 6.45) is 4.29. The number of halogens is 1. The fourth-order valence-corrected chi connectivity index (χ4v) is 3.86. The predicted molar refractivity (Wildman–Crippen MR) is 117 cm³/mol.